The fraction of sp³-hybridized carbons (Fsp3) is 0.278. The molecule has 3 N–H and O–H groups in total. The van der Waals surface area contributed by atoms with Gasteiger partial charge in [0, 0.05) is 12.8 Å². The van der Waals surface area contributed by atoms with Gasteiger partial charge in [-0.25, -0.2) is 15.0 Å². The zero-order valence-corrected chi connectivity index (χ0v) is 17.2. The predicted molar refractivity (Wildman–Crippen MR) is 112 cm³/mol. The summed E-state index contributed by atoms with van der Waals surface area (Å²) in [6, 6.07) is 5.63. The molecule has 0 radical (unpaired) electrons. The van der Waals surface area contributed by atoms with E-state index in [1.807, 2.05) is 0 Å². The maximum atomic E-state index is 10.6. The third kappa shape index (κ3) is 4.62. The van der Waals surface area contributed by atoms with E-state index in [2.05, 4.69) is 42.3 Å². The number of nitrogens with two attached hydrogens (primary N) is 1. The van der Waals surface area contributed by atoms with Crippen molar-refractivity contribution in [1.82, 2.24) is 4.98 Å². The number of halogens is 1. The number of anilines is 1. The smallest absolute Gasteiger partial charge is 0.212 e. The number of aliphatic imine (C=N–C) groups is 2. The molecule has 1 saturated heterocycles. The lowest BCUT2D eigenvalue weighted by molar-refractivity contribution is -0.105. The number of carbonyl (C=O) groups is 1. The van der Waals surface area contributed by atoms with Crippen LogP contribution in [0, 0.1) is 11.3 Å². The molecule has 3 rings (SSSR count). The lowest BCUT2D eigenvalue weighted by Gasteiger charge is -2.17. The average Bonchev–Trinajstić information content (AvgIpc) is 3.05. The molecule has 1 atom stereocenters. The number of hydrogen-bond donors (Lipinski definition) is 2. The van der Waals surface area contributed by atoms with Crippen molar-refractivity contribution < 1.29 is 9.53 Å². The molecule has 144 valence electrons. The zero-order valence-electron chi connectivity index (χ0n) is 14.8. The molecule has 0 saturated carbocycles. The van der Waals surface area contributed by atoms with E-state index in [9.17, 15) is 10.1 Å². The standard InChI is InChI=1S/C18H17BrN6O2S/c19-15-12(8-20)16(11-4-5-22-13(7-11)25-10-26)28-17(15)18(21)24-9-23-14-3-1-2-6-27-14/h4-5,7,9-10,14H,1-3,6H2,(H2,21,23,24)(H,22,25,26). The van der Waals surface area contributed by atoms with Crippen LogP contribution in [0.4, 0.5) is 5.82 Å². The third-order valence-corrected chi connectivity index (χ3v) is 6.33. The minimum absolute atomic E-state index is 0.178. The number of amides is 1. The Balaban J connectivity index is 1.89. The summed E-state index contributed by atoms with van der Waals surface area (Å²) >= 11 is 4.77. The van der Waals surface area contributed by atoms with Crippen LogP contribution >= 0.6 is 27.3 Å². The molecular weight excluding hydrogens is 444 g/mol. The summed E-state index contributed by atoms with van der Waals surface area (Å²) < 4.78 is 6.09. The summed E-state index contributed by atoms with van der Waals surface area (Å²) in [6.45, 7) is 0.708. The number of thiophene rings is 1. The molecule has 1 aliphatic rings. The van der Waals surface area contributed by atoms with E-state index in [1.54, 1.807) is 18.3 Å². The van der Waals surface area contributed by atoms with Crippen LogP contribution in [0.5, 0.6) is 0 Å². The minimum Gasteiger partial charge on any atom is -0.382 e. The number of nitrogens with one attached hydrogen (secondary N) is 1. The first-order valence-electron chi connectivity index (χ1n) is 8.50. The Bertz CT molecular complexity index is 959. The normalized spacial score (nSPS) is 17.4. The number of rotatable bonds is 6. The van der Waals surface area contributed by atoms with Crippen LogP contribution in [0.1, 0.15) is 29.7 Å². The Kier molecular flexibility index (Phi) is 6.86. The Morgan fingerprint density at radius 2 is 2.39 bits per heavy atom. The van der Waals surface area contributed by atoms with Crippen LogP contribution in [0.3, 0.4) is 0 Å². The molecular formula is C18H17BrN6O2S. The Hall–Kier alpha value is -2.61. The number of nitriles is 1. The van der Waals surface area contributed by atoms with Gasteiger partial charge in [0.05, 0.1) is 19.8 Å². The summed E-state index contributed by atoms with van der Waals surface area (Å²) in [5.74, 6) is 0.642. The second kappa shape index (κ2) is 9.54. The van der Waals surface area contributed by atoms with Crippen molar-refractivity contribution >= 4 is 51.7 Å². The van der Waals surface area contributed by atoms with Crippen molar-refractivity contribution in [2.24, 2.45) is 15.7 Å². The highest BCUT2D eigenvalue weighted by molar-refractivity contribution is 9.10. The second-order valence-corrected chi connectivity index (χ2v) is 7.67. The molecule has 0 spiro atoms. The van der Waals surface area contributed by atoms with Gasteiger partial charge < -0.3 is 15.8 Å². The van der Waals surface area contributed by atoms with Crippen LogP contribution in [0.2, 0.25) is 0 Å². The van der Waals surface area contributed by atoms with Crippen molar-refractivity contribution in [2.75, 3.05) is 11.9 Å². The molecule has 8 nitrogen and oxygen atoms in total. The first-order valence-corrected chi connectivity index (χ1v) is 10.1. The van der Waals surface area contributed by atoms with Crippen LogP contribution in [-0.2, 0) is 9.53 Å². The first kappa shape index (κ1) is 20.1. The molecule has 28 heavy (non-hydrogen) atoms. The van der Waals surface area contributed by atoms with Gasteiger partial charge in [-0.1, -0.05) is 0 Å². The van der Waals surface area contributed by atoms with Gasteiger partial charge in [0.25, 0.3) is 0 Å². The molecule has 2 aromatic rings. The quantitative estimate of drug-likeness (QED) is 0.388. The molecule has 3 heterocycles. The van der Waals surface area contributed by atoms with E-state index >= 15 is 0 Å². The highest BCUT2D eigenvalue weighted by Gasteiger charge is 2.20. The van der Waals surface area contributed by atoms with Crippen molar-refractivity contribution in [3.8, 4) is 16.5 Å². The van der Waals surface area contributed by atoms with Gasteiger partial charge in [-0.15, -0.1) is 11.3 Å². The molecule has 1 amide bonds. The molecule has 1 fully saturated rings. The number of nitrogens with zero attached hydrogens (tertiary/aromatic N) is 4. The third-order valence-electron chi connectivity index (χ3n) is 4.01. The predicted octanol–water partition coefficient (Wildman–Crippen LogP) is 3.27. The number of amidine groups is 1. The topological polar surface area (TPSA) is 126 Å². The largest absolute Gasteiger partial charge is 0.382 e. The zero-order chi connectivity index (χ0) is 19.9. The molecule has 10 heteroatoms. The minimum atomic E-state index is -0.178. The van der Waals surface area contributed by atoms with E-state index in [4.69, 9.17) is 10.5 Å². The van der Waals surface area contributed by atoms with Gasteiger partial charge in [-0.3, -0.25) is 4.79 Å². The second-order valence-electron chi connectivity index (χ2n) is 5.85. The average molecular weight is 461 g/mol. The van der Waals surface area contributed by atoms with Crippen molar-refractivity contribution in [2.45, 2.75) is 25.5 Å². The molecule has 0 aliphatic carbocycles. The van der Waals surface area contributed by atoms with Gasteiger partial charge in [0.1, 0.15) is 30.3 Å². The summed E-state index contributed by atoms with van der Waals surface area (Å²) in [5, 5.41) is 12.1. The monoisotopic (exact) mass is 460 g/mol. The van der Waals surface area contributed by atoms with Gasteiger partial charge in [-0.05, 0) is 52.9 Å². The fourth-order valence-electron chi connectivity index (χ4n) is 2.66. The molecule has 0 aromatic carbocycles. The highest BCUT2D eigenvalue weighted by Crippen LogP contribution is 2.39. The van der Waals surface area contributed by atoms with Gasteiger partial charge >= 0.3 is 0 Å². The van der Waals surface area contributed by atoms with E-state index in [0.717, 1.165) is 24.8 Å². The van der Waals surface area contributed by atoms with Gasteiger partial charge in [0.2, 0.25) is 6.41 Å². The first-order chi connectivity index (χ1) is 13.6. The van der Waals surface area contributed by atoms with Crippen LogP contribution in [0.25, 0.3) is 10.4 Å². The van der Waals surface area contributed by atoms with Crippen molar-refractivity contribution in [3.63, 3.8) is 0 Å². The molecule has 1 aliphatic heterocycles. The summed E-state index contributed by atoms with van der Waals surface area (Å²) in [4.78, 5) is 24.5. The van der Waals surface area contributed by atoms with Crippen molar-refractivity contribution in [3.05, 3.63) is 33.2 Å². The summed E-state index contributed by atoms with van der Waals surface area (Å²) in [7, 11) is 0. The van der Waals surface area contributed by atoms with Crippen LogP contribution < -0.4 is 11.1 Å². The van der Waals surface area contributed by atoms with E-state index in [1.165, 1.54) is 17.7 Å². The SMILES string of the molecule is N#Cc1c(-c2ccnc(NC=O)c2)sc(C(N)=N/C=N/C2CCCCO2)c1Br. The Labute approximate surface area is 174 Å². The lowest BCUT2D eigenvalue weighted by Crippen LogP contribution is -2.17. The summed E-state index contributed by atoms with van der Waals surface area (Å²) in [5.41, 5.74) is 7.30. The lowest BCUT2D eigenvalue weighted by atomic mass is 10.1. The van der Waals surface area contributed by atoms with E-state index < -0.39 is 0 Å². The van der Waals surface area contributed by atoms with E-state index in [0.29, 0.717) is 38.6 Å². The van der Waals surface area contributed by atoms with Crippen molar-refractivity contribution in [1.29, 1.82) is 5.26 Å². The van der Waals surface area contributed by atoms with Crippen LogP contribution in [-0.4, -0.2) is 36.4 Å². The number of ether oxygens (including phenoxy) is 1. The number of hydrogen-bond acceptors (Lipinski definition) is 6. The molecule has 1 unspecified atom stereocenters. The number of aromatic nitrogens is 1. The molecule has 0 bridgehead atoms. The maximum absolute atomic E-state index is 10.6. The fourth-order valence-corrected chi connectivity index (χ4v) is 4.57. The molecule has 2 aromatic heterocycles. The van der Waals surface area contributed by atoms with E-state index in [-0.39, 0.29) is 12.1 Å². The summed E-state index contributed by atoms with van der Waals surface area (Å²) in [6.07, 6.45) is 6.34. The van der Waals surface area contributed by atoms with Crippen LogP contribution in [0.15, 0.2) is 32.8 Å². The number of pyridine rings is 1. The van der Waals surface area contributed by atoms with Gasteiger partial charge in [-0.2, -0.15) is 5.26 Å². The maximum Gasteiger partial charge on any atom is 0.212 e. The number of carbonyl (C=O) groups excluding carboxylic acids is 1. The highest BCUT2D eigenvalue weighted by atomic mass is 79.9. The Morgan fingerprint density at radius 3 is 3.11 bits per heavy atom. The Morgan fingerprint density at radius 1 is 1.54 bits per heavy atom. The van der Waals surface area contributed by atoms with Gasteiger partial charge in [0.15, 0.2) is 0 Å².